The number of halogens is 2. The summed E-state index contributed by atoms with van der Waals surface area (Å²) in [4.78, 5) is 14.6. The normalized spacial score (nSPS) is 10.0. The van der Waals surface area contributed by atoms with Crippen LogP contribution >= 0.6 is 11.6 Å². The van der Waals surface area contributed by atoms with E-state index in [9.17, 15) is 9.18 Å². The number of carbonyl (C=O) groups is 1. The van der Waals surface area contributed by atoms with Crippen LogP contribution in [-0.2, 0) is 0 Å². The van der Waals surface area contributed by atoms with Gasteiger partial charge in [0.15, 0.2) is 11.6 Å². The van der Waals surface area contributed by atoms with Crippen LogP contribution in [0.3, 0.4) is 0 Å². The molecule has 1 aromatic carbocycles. The molecule has 2 rings (SSSR count). The second-order valence-corrected chi connectivity index (χ2v) is 3.53. The number of nitrogens with zero attached hydrogens (tertiary/aromatic N) is 1. The molecule has 0 fully saturated rings. The predicted octanol–water partition coefficient (Wildman–Crippen LogP) is 3.39. The van der Waals surface area contributed by atoms with Crippen LogP contribution in [-0.4, -0.2) is 10.2 Å². The van der Waals surface area contributed by atoms with Gasteiger partial charge in [-0.3, -0.25) is 4.79 Å². The first kappa shape index (κ1) is 11.5. The van der Waals surface area contributed by atoms with Gasteiger partial charge in [-0.05, 0) is 29.8 Å². The number of ether oxygens (including phenoxy) is 1. The van der Waals surface area contributed by atoms with Gasteiger partial charge in [0.2, 0.25) is 5.88 Å². The summed E-state index contributed by atoms with van der Waals surface area (Å²) >= 11 is 5.26. The Bertz CT molecular complexity index is 542. The number of benzene rings is 1. The average molecular weight is 252 g/mol. The van der Waals surface area contributed by atoms with E-state index in [-0.39, 0.29) is 17.2 Å². The third-order valence-corrected chi connectivity index (χ3v) is 2.23. The highest BCUT2D eigenvalue weighted by atomic mass is 35.5. The van der Waals surface area contributed by atoms with Gasteiger partial charge in [0.05, 0.1) is 5.56 Å². The standard InChI is InChI=1S/C12H7ClFNO2/c13-12(16)8-5-6-11(15-7-8)17-10-4-2-1-3-9(10)14/h1-7H. The summed E-state index contributed by atoms with van der Waals surface area (Å²) in [5.74, 6) is -0.214. The van der Waals surface area contributed by atoms with Crippen molar-refractivity contribution in [3.05, 3.63) is 54.0 Å². The van der Waals surface area contributed by atoms with Gasteiger partial charge in [-0.2, -0.15) is 0 Å². The molecule has 3 nitrogen and oxygen atoms in total. The second-order valence-electron chi connectivity index (χ2n) is 3.19. The summed E-state index contributed by atoms with van der Waals surface area (Å²) in [6.45, 7) is 0. The zero-order chi connectivity index (χ0) is 12.3. The van der Waals surface area contributed by atoms with Gasteiger partial charge in [0.25, 0.3) is 5.24 Å². The molecule has 0 aliphatic carbocycles. The van der Waals surface area contributed by atoms with Crippen molar-refractivity contribution in [2.75, 3.05) is 0 Å². The summed E-state index contributed by atoms with van der Waals surface area (Å²) in [5, 5.41) is -0.602. The number of hydrogen-bond acceptors (Lipinski definition) is 3. The molecule has 0 radical (unpaired) electrons. The lowest BCUT2D eigenvalue weighted by atomic mass is 10.3. The third-order valence-electron chi connectivity index (χ3n) is 2.01. The van der Waals surface area contributed by atoms with E-state index in [0.29, 0.717) is 0 Å². The average Bonchev–Trinajstić information content (AvgIpc) is 2.33. The lowest BCUT2D eigenvalue weighted by Gasteiger charge is -2.05. The number of pyridine rings is 1. The topological polar surface area (TPSA) is 39.2 Å². The van der Waals surface area contributed by atoms with Crippen molar-refractivity contribution in [1.29, 1.82) is 0 Å². The maximum atomic E-state index is 13.3. The molecule has 0 spiro atoms. The van der Waals surface area contributed by atoms with Gasteiger partial charge in [0.1, 0.15) is 0 Å². The smallest absolute Gasteiger partial charge is 0.253 e. The summed E-state index contributed by atoms with van der Waals surface area (Å²) in [7, 11) is 0. The van der Waals surface area contributed by atoms with Crippen molar-refractivity contribution in [1.82, 2.24) is 4.98 Å². The van der Waals surface area contributed by atoms with Crippen LogP contribution in [0.4, 0.5) is 4.39 Å². The predicted molar refractivity (Wildman–Crippen MR) is 60.9 cm³/mol. The Balaban J connectivity index is 2.20. The Hall–Kier alpha value is -1.94. The van der Waals surface area contributed by atoms with Gasteiger partial charge in [0, 0.05) is 12.3 Å². The number of hydrogen-bond donors (Lipinski definition) is 0. The second kappa shape index (κ2) is 4.93. The van der Waals surface area contributed by atoms with E-state index < -0.39 is 11.1 Å². The van der Waals surface area contributed by atoms with Crippen LogP contribution in [0.1, 0.15) is 10.4 Å². The highest BCUT2D eigenvalue weighted by Gasteiger charge is 2.06. The van der Waals surface area contributed by atoms with Crippen molar-refractivity contribution in [3.8, 4) is 11.6 Å². The van der Waals surface area contributed by atoms with Gasteiger partial charge in [-0.25, -0.2) is 9.37 Å². The Kier molecular flexibility index (Phi) is 3.35. The fourth-order valence-electron chi connectivity index (χ4n) is 1.20. The fourth-order valence-corrected chi connectivity index (χ4v) is 1.31. The zero-order valence-corrected chi connectivity index (χ0v) is 9.32. The molecule has 1 aromatic heterocycles. The first-order valence-electron chi connectivity index (χ1n) is 4.75. The monoisotopic (exact) mass is 251 g/mol. The number of para-hydroxylation sites is 1. The molecule has 2 aromatic rings. The lowest BCUT2D eigenvalue weighted by molar-refractivity contribution is 0.108. The summed E-state index contributed by atoms with van der Waals surface area (Å²) in [6.07, 6.45) is 1.27. The zero-order valence-electron chi connectivity index (χ0n) is 8.56. The molecule has 86 valence electrons. The molecular formula is C12H7ClFNO2. The molecule has 0 aliphatic rings. The quantitative estimate of drug-likeness (QED) is 0.785. The first-order valence-corrected chi connectivity index (χ1v) is 5.13. The molecule has 0 aliphatic heterocycles. The van der Waals surface area contributed by atoms with Crippen molar-refractivity contribution in [2.24, 2.45) is 0 Å². The minimum Gasteiger partial charge on any atom is -0.436 e. The summed E-state index contributed by atoms with van der Waals surface area (Å²) in [5.41, 5.74) is 0.257. The van der Waals surface area contributed by atoms with Crippen LogP contribution < -0.4 is 4.74 Å². The van der Waals surface area contributed by atoms with E-state index in [1.807, 2.05) is 0 Å². The highest BCUT2D eigenvalue weighted by molar-refractivity contribution is 6.67. The van der Waals surface area contributed by atoms with Gasteiger partial charge < -0.3 is 4.74 Å². The molecule has 0 saturated carbocycles. The lowest BCUT2D eigenvalue weighted by Crippen LogP contribution is -1.93. The van der Waals surface area contributed by atoms with Crippen molar-refractivity contribution >= 4 is 16.8 Å². The molecule has 1 heterocycles. The SMILES string of the molecule is O=C(Cl)c1ccc(Oc2ccccc2F)nc1. The molecule has 0 bridgehead atoms. The van der Waals surface area contributed by atoms with Crippen LogP contribution in [0.2, 0.25) is 0 Å². The van der Waals surface area contributed by atoms with E-state index >= 15 is 0 Å². The van der Waals surface area contributed by atoms with Crippen molar-refractivity contribution < 1.29 is 13.9 Å². The number of carbonyl (C=O) groups excluding carboxylic acids is 1. The molecule has 5 heteroatoms. The van der Waals surface area contributed by atoms with Crippen LogP contribution in [0.15, 0.2) is 42.6 Å². The van der Waals surface area contributed by atoms with E-state index in [1.165, 1.54) is 30.5 Å². The van der Waals surface area contributed by atoms with E-state index in [0.717, 1.165) is 0 Å². The minimum absolute atomic E-state index is 0.0740. The number of rotatable bonds is 3. The van der Waals surface area contributed by atoms with Crippen LogP contribution in [0.25, 0.3) is 0 Å². The maximum absolute atomic E-state index is 13.3. The highest BCUT2D eigenvalue weighted by Crippen LogP contribution is 2.22. The van der Waals surface area contributed by atoms with E-state index in [2.05, 4.69) is 4.98 Å². The molecular weight excluding hydrogens is 245 g/mol. The summed E-state index contributed by atoms with van der Waals surface area (Å²) in [6, 6.07) is 8.88. The molecule has 0 saturated heterocycles. The van der Waals surface area contributed by atoms with Gasteiger partial charge in [-0.15, -0.1) is 0 Å². The first-order chi connectivity index (χ1) is 8.16. The maximum Gasteiger partial charge on any atom is 0.253 e. The minimum atomic E-state index is -0.602. The Morgan fingerprint density at radius 3 is 2.59 bits per heavy atom. The van der Waals surface area contributed by atoms with Crippen LogP contribution in [0, 0.1) is 5.82 Å². The summed E-state index contributed by atoms with van der Waals surface area (Å²) < 4.78 is 18.5. The number of aromatic nitrogens is 1. The van der Waals surface area contributed by atoms with Gasteiger partial charge in [-0.1, -0.05) is 12.1 Å². The largest absolute Gasteiger partial charge is 0.436 e. The van der Waals surface area contributed by atoms with E-state index in [1.54, 1.807) is 12.1 Å². The Labute approximate surface area is 102 Å². The van der Waals surface area contributed by atoms with E-state index in [4.69, 9.17) is 16.3 Å². The fraction of sp³-hybridized carbons (Fsp3) is 0. The van der Waals surface area contributed by atoms with Crippen molar-refractivity contribution in [2.45, 2.75) is 0 Å². The molecule has 0 N–H and O–H groups in total. The third kappa shape index (κ3) is 2.79. The van der Waals surface area contributed by atoms with Crippen LogP contribution in [0.5, 0.6) is 11.6 Å². The Morgan fingerprint density at radius 2 is 2.00 bits per heavy atom. The molecule has 0 atom stereocenters. The van der Waals surface area contributed by atoms with Gasteiger partial charge >= 0.3 is 0 Å². The molecule has 17 heavy (non-hydrogen) atoms. The molecule has 0 unspecified atom stereocenters. The van der Waals surface area contributed by atoms with Crippen molar-refractivity contribution in [3.63, 3.8) is 0 Å². The molecule has 0 amide bonds. The Morgan fingerprint density at radius 1 is 1.24 bits per heavy atom.